The first-order valence-electron chi connectivity index (χ1n) is 4.60. The minimum atomic E-state index is -3.72. The Labute approximate surface area is 90.5 Å². The lowest BCUT2D eigenvalue weighted by molar-refractivity contribution is -0.143. The lowest BCUT2D eigenvalue weighted by Crippen LogP contribution is -2.54. The van der Waals surface area contributed by atoms with Crippen molar-refractivity contribution in [3.63, 3.8) is 0 Å². The van der Waals surface area contributed by atoms with E-state index >= 15 is 0 Å². The van der Waals surface area contributed by atoms with Gasteiger partial charge in [0.15, 0.2) is 0 Å². The van der Waals surface area contributed by atoms with Crippen molar-refractivity contribution in [2.75, 3.05) is 14.1 Å². The quantitative estimate of drug-likeness (QED) is 0.683. The Hall–Kier alpha value is -0.660. The maximum absolute atomic E-state index is 11.5. The van der Waals surface area contributed by atoms with E-state index in [2.05, 4.69) is 4.72 Å². The zero-order chi connectivity index (χ0) is 12.3. The van der Waals surface area contributed by atoms with Crippen molar-refractivity contribution in [3.05, 3.63) is 0 Å². The van der Waals surface area contributed by atoms with Gasteiger partial charge in [-0.05, 0) is 13.3 Å². The van der Waals surface area contributed by atoms with E-state index in [1.54, 1.807) is 6.92 Å². The molecule has 0 bridgehead atoms. The number of aliphatic carboxylic acids is 1. The second-order valence-corrected chi connectivity index (χ2v) is 5.66. The summed E-state index contributed by atoms with van der Waals surface area (Å²) in [7, 11) is -1.03. The van der Waals surface area contributed by atoms with Gasteiger partial charge in [-0.3, -0.25) is 4.79 Å². The molecule has 0 heterocycles. The first-order valence-corrected chi connectivity index (χ1v) is 6.04. The predicted octanol–water partition coefficient (Wildman–Crippen LogP) is 0.0258. The van der Waals surface area contributed by atoms with Crippen LogP contribution < -0.4 is 4.72 Å². The molecular formula is C8H18N2O4S. The van der Waals surface area contributed by atoms with Gasteiger partial charge in [-0.15, -0.1) is 0 Å². The summed E-state index contributed by atoms with van der Waals surface area (Å²) < 4.78 is 26.1. The van der Waals surface area contributed by atoms with E-state index in [1.165, 1.54) is 21.0 Å². The third kappa shape index (κ3) is 3.77. The van der Waals surface area contributed by atoms with E-state index in [-0.39, 0.29) is 6.42 Å². The summed E-state index contributed by atoms with van der Waals surface area (Å²) in [5.41, 5.74) is -1.45. The third-order valence-corrected chi connectivity index (χ3v) is 3.73. The van der Waals surface area contributed by atoms with Gasteiger partial charge in [0.05, 0.1) is 0 Å². The molecule has 0 aliphatic carbocycles. The Bertz CT molecular complexity index is 326. The first kappa shape index (κ1) is 14.3. The van der Waals surface area contributed by atoms with Gasteiger partial charge in [0, 0.05) is 14.1 Å². The molecule has 0 fully saturated rings. The molecule has 0 aromatic rings. The smallest absolute Gasteiger partial charge is 0.324 e. The number of hydrogen-bond donors (Lipinski definition) is 2. The van der Waals surface area contributed by atoms with Crippen molar-refractivity contribution >= 4 is 16.2 Å². The van der Waals surface area contributed by atoms with Crippen LogP contribution in [0.4, 0.5) is 0 Å². The number of carboxylic acid groups (broad SMARTS) is 1. The second kappa shape index (κ2) is 4.91. The molecular weight excluding hydrogens is 220 g/mol. The fraction of sp³-hybridized carbons (Fsp3) is 0.875. The average molecular weight is 238 g/mol. The standard InChI is InChI=1S/C8H18N2O4S/c1-5-6-8(2,7(11)12)9-15(13,14)10(3)4/h9H,5-6H2,1-4H3,(H,11,12). The van der Waals surface area contributed by atoms with Crippen LogP contribution in [0.1, 0.15) is 26.7 Å². The highest BCUT2D eigenvalue weighted by atomic mass is 32.2. The molecule has 2 N–H and O–H groups in total. The highest BCUT2D eigenvalue weighted by molar-refractivity contribution is 7.87. The van der Waals surface area contributed by atoms with Gasteiger partial charge in [-0.1, -0.05) is 13.3 Å². The SMILES string of the molecule is CCCC(C)(NS(=O)(=O)N(C)C)C(=O)O. The van der Waals surface area contributed by atoms with Gasteiger partial charge in [-0.2, -0.15) is 17.4 Å². The van der Waals surface area contributed by atoms with Gasteiger partial charge in [0.2, 0.25) is 0 Å². The maximum atomic E-state index is 11.5. The summed E-state index contributed by atoms with van der Waals surface area (Å²) in [6.45, 7) is 3.16. The molecule has 0 aliphatic heterocycles. The number of nitrogens with one attached hydrogen (secondary N) is 1. The molecule has 6 nitrogen and oxygen atoms in total. The highest BCUT2D eigenvalue weighted by Crippen LogP contribution is 2.14. The minimum Gasteiger partial charge on any atom is -0.480 e. The fourth-order valence-corrected chi connectivity index (χ4v) is 2.02. The normalized spacial score (nSPS) is 16.3. The summed E-state index contributed by atoms with van der Waals surface area (Å²) in [5.74, 6) is -1.17. The molecule has 0 amide bonds. The zero-order valence-corrected chi connectivity index (χ0v) is 10.3. The van der Waals surface area contributed by atoms with E-state index in [0.29, 0.717) is 6.42 Å². The van der Waals surface area contributed by atoms with E-state index in [4.69, 9.17) is 5.11 Å². The van der Waals surface area contributed by atoms with E-state index < -0.39 is 21.7 Å². The molecule has 1 unspecified atom stereocenters. The van der Waals surface area contributed by atoms with Crippen molar-refractivity contribution in [2.45, 2.75) is 32.2 Å². The van der Waals surface area contributed by atoms with Gasteiger partial charge in [0.25, 0.3) is 10.2 Å². The first-order chi connectivity index (χ1) is 6.65. The van der Waals surface area contributed by atoms with Crippen LogP contribution >= 0.6 is 0 Å². The van der Waals surface area contributed by atoms with E-state index in [0.717, 1.165) is 4.31 Å². The van der Waals surface area contributed by atoms with Gasteiger partial charge in [-0.25, -0.2) is 0 Å². The topological polar surface area (TPSA) is 86.7 Å². The molecule has 0 spiro atoms. The molecule has 0 aromatic heterocycles. The molecule has 0 radical (unpaired) electrons. The number of rotatable bonds is 6. The van der Waals surface area contributed by atoms with Crippen LogP contribution in [0.15, 0.2) is 0 Å². The average Bonchev–Trinajstić information content (AvgIpc) is 2.02. The van der Waals surface area contributed by atoms with Crippen LogP contribution in [0.5, 0.6) is 0 Å². The van der Waals surface area contributed by atoms with E-state index in [9.17, 15) is 13.2 Å². The minimum absolute atomic E-state index is 0.245. The van der Waals surface area contributed by atoms with Crippen LogP contribution in [0, 0.1) is 0 Å². The summed E-state index contributed by atoms with van der Waals surface area (Å²) in [6, 6.07) is 0. The van der Waals surface area contributed by atoms with Crippen LogP contribution in [0.3, 0.4) is 0 Å². The molecule has 0 saturated heterocycles. The van der Waals surface area contributed by atoms with Crippen molar-refractivity contribution in [1.29, 1.82) is 0 Å². The molecule has 7 heteroatoms. The molecule has 0 rings (SSSR count). The molecule has 0 aliphatic rings. The van der Waals surface area contributed by atoms with Gasteiger partial charge in [0.1, 0.15) is 5.54 Å². The maximum Gasteiger partial charge on any atom is 0.324 e. The van der Waals surface area contributed by atoms with Gasteiger partial charge >= 0.3 is 5.97 Å². The van der Waals surface area contributed by atoms with Crippen molar-refractivity contribution in [2.24, 2.45) is 0 Å². The number of nitrogens with zero attached hydrogens (tertiary/aromatic N) is 1. The summed E-state index contributed by atoms with van der Waals surface area (Å²) in [4.78, 5) is 11.0. The predicted molar refractivity (Wildman–Crippen MR) is 56.7 cm³/mol. The molecule has 0 saturated carbocycles. The molecule has 0 aromatic carbocycles. The Morgan fingerprint density at radius 3 is 2.20 bits per heavy atom. The van der Waals surface area contributed by atoms with Crippen LogP contribution in [-0.4, -0.2) is 43.4 Å². The second-order valence-electron chi connectivity index (χ2n) is 3.78. The number of hydrogen-bond acceptors (Lipinski definition) is 3. The lowest BCUT2D eigenvalue weighted by atomic mass is 9.98. The zero-order valence-electron chi connectivity index (χ0n) is 9.44. The molecule has 15 heavy (non-hydrogen) atoms. The summed E-state index contributed by atoms with van der Waals surface area (Å²) >= 11 is 0. The largest absolute Gasteiger partial charge is 0.480 e. The van der Waals surface area contributed by atoms with Crippen LogP contribution in [0.25, 0.3) is 0 Å². The lowest BCUT2D eigenvalue weighted by Gasteiger charge is -2.27. The molecule has 1 atom stereocenters. The Morgan fingerprint density at radius 2 is 1.93 bits per heavy atom. The summed E-state index contributed by atoms with van der Waals surface area (Å²) in [6.07, 6.45) is 0.828. The van der Waals surface area contributed by atoms with E-state index in [1.807, 2.05) is 0 Å². The van der Waals surface area contributed by atoms with Crippen molar-refractivity contribution in [1.82, 2.24) is 9.03 Å². The monoisotopic (exact) mass is 238 g/mol. The Morgan fingerprint density at radius 1 is 1.47 bits per heavy atom. The van der Waals surface area contributed by atoms with Crippen molar-refractivity contribution in [3.8, 4) is 0 Å². The number of carbonyl (C=O) groups is 1. The Kier molecular flexibility index (Phi) is 4.69. The van der Waals surface area contributed by atoms with Crippen molar-refractivity contribution < 1.29 is 18.3 Å². The van der Waals surface area contributed by atoms with Crippen LogP contribution in [0.2, 0.25) is 0 Å². The third-order valence-electron chi connectivity index (χ3n) is 2.06. The highest BCUT2D eigenvalue weighted by Gasteiger charge is 2.37. The van der Waals surface area contributed by atoms with Crippen LogP contribution in [-0.2, 0) is 15.0 Å². The summed E-state index contributed by atoms with van der Waals surface area (Å²) in [5, 5.41) is 8.96. The molecule has 90 valence electrons. The van der Waals surface area contributed by atoms with Gasteiger partial charge < -0.3 is 5.11 Å². The Balaban J connectivity index is 4.93. The fourth-order valence-electron chi connectivity index (χ4n) is 1.08. The number of carboxylic acids is 1.